The predicted molar refractivity (Wildman–Crippen MR) is 51.3 cm³/mol. The molecule has 1 aromatic heterocycles. The van der Waals surface area contributed by atoms with E-state index < -0.39 is 0 Å². The topological polar surface area (TPSA) is 24.9 Å². The molecule has 0 spiro atoms. The highest BCUT2D eigenvalue weighted by atomic mass is 35.5. The second-order valence-electron chi connectivity index (χ2n) is 2.77. The Bertz CT molecular complexity index is 211. The standard InChI is InChI=1S/C9H13ClN2/c1-8(10)5-12-7-9-3-2-4-11-6-9/h2-4,6,8,12H,5,7H2,1H3. The highest BCUT2D eigenvalue weighted by Gasteiger charge is 1.95. The lowest BCUT2D eigenvalue weighted by Gasteiger charge is -2.04. The minimum atomic E-state index is 0.182. The zero-order valence-corrected chi connectivity index (χ0v) is 7.88. The third-order valence-electron chi connectivity index (χ3n) is 1.48. The number of pyridine rings is 1. The zero-order valence-electron chi connectivity index (χ0n) is 7.13. The fourth-order valence-electron chi connectivity index (χ4n) is 0.918. The van der Waals surface area contributed by atoms with Gasteiger partial charge in [-0.1, -0.05) is 6.07 Å². The largest absolute Gasteiger partial charge is 0.311 e. The lowest BCUT2D eigenvalue weighted by atomic mass is 10.3. The van der Waals surface area contributed by atoms with Crippen LogP contribution in [0, 0.1) is 0 Å². The van der Waals surface area contributed by atoms with Crippen molar-refractivity contribution in [3.05, 3.63) is 30.1 Å². The molecule has 0 aliphatic carbocycles. The van der Waals surface area contributed by atoms with Crippen LogP contribution in [0.15, 0.2) is 24.5 Å². The van der Waals surface area contributed by atoms with Crippen molar-refractivity contribution in [3.8, 4) is 0 Å². The molecule has 0 fully saturated rings. The minimum Gasteiger partial charge on any atom is -0.311 e. The molecule has 0 radical (unpaired) electrons. The van der Waals surface area contributed by atoms with Gasteiger partial charge in [0.1, 0.15) is 0 Å². The second-order valence-corrected chi connectivity index (χ2v) is 3.52. The third-order valence-corrected chi connectivity index (χ3v) is 1.63. The number of nitrogens with zero attached hydrogens (tertiary/aromatic N) is 1. The SMILES string of the molecule is CC(Cl)CNCc1cccnc1. The highest BCUT2D eigenvalue weighted by molar-refractivity contribution is 6.20. The van der Waals surface area contributed by atoms with Crippen molar-refractivity contribution in [2.75, 3.05) is 6.54 Å². The van der Waals surface area contributed by atoms with Crippen LogP contribution < -0.4 is 5.32 Å². The molecule has 0 aromatic carbocycles. The average Bonchev–Trinajstić information content (AvgIpc) is 2.05. The van der Waals surface area contributed by atoms with Crippen molar-refractivity contribution < 1.29 is 0 Å². The van der Waals surface area contributed by atoms with Gasteiger partial charge < -0.3 is 5.32 Å². The molecule has 12 heavy (non-hydrogen) atoms. The molecule has 3 heteroatoms. The van der Waals surface area contributed by atoms with Crippen LogP contribution in [0.1, 0.15) is 12.5 Å². The molecule has 0 amide bonds. The van der Waals surface area contributed by atoms with Gasteiger partial charge in [0.2, 0.25) is 0 Å². The lowest BCUT2D eigenvalue weighted by molar-refractivity contribution is 0.678. The van der Waals surface area contributed by atoms with E-state index in [-0.39, 0.29) is 5.38 Å². The maximum atomic E-state index is 5.77. The summed E-state index contributed by atoms with van der Waals surface area (Å²) >= 11 is 5.77. The van der Waals surface area contributed by atoms with Crippen molar-refractivity contribution in [3.63, 3.8) is 0 Å². The molecule has 0 aliphatic rings. The number of hydrogen-bond donors (Lipinski definition) is 1. The fourth-order valence-corrected chi connectivity index (χ4v) is 1.03. The minimum absolute atomic E-state index is 0.182. The summed E-state index contributed by atoms with van der Waals surface area (Å²) in [6.07, 6.45) is 3.62. The Morgan fingerprint density at radius 3 is 3.08 bits per heavy atom. The monoisotopic (exact) mass is 184 g/mol. The Kier molecular flexibility index (Phi) is 4.05. The first kappa shape index (κ1) is 9.49. The molecule has 1 aromatic rings. The number of hydrogen-bond acceptors (Lipinski definition) is 2. The number of rotatable bonds is 4. The summed E-state index contributed by atoms with van der Waals surface area (Å²) < 4.78 is 0. The van der Waals surface area contributed by atoms with Gasteiger partial charge in [0.15, 0.2) is 0 Å². The first-order chi connectivity index (χ1) is 5.79. The lowest BCUT2D eigenvalue weighted by Crippen LogP contribution is -2.20. The van der Waals surface area contributed by atoms with Crippen LogP contribution in [0.2, 0.25) is 0 Å². The van der Waals surface area contributed by atoms with Crippen LogP contribution in [-0.2, 0) is 6.54 Å². The van der Waals surface area contributed by atoms with Crippen molar-refractivity contribution in [1.82, 2.24) is 10.3 Å². The fraction of sp³-hybridized carbons (Fsp3) is 0.444. The summed E-state index contributed by atoms with van der Waals surface area (Å²) in [5.74, 6) is 0. The van der Waals surface area contributed by atoms with Crippen molar-refractivity contribution in [2.45, 2.75) is 18.8 Å². The van der Waals surface area contributed by atoms with E-state index in [1.54, 1.807) is 6.20 Å². The average molecular weight is 185 g/mol. The van der Waals surface area contributed by atoms with Crippen molar-refractivity contribution in [1.29, 1.82) is 0 Å². The Balaban J connectivity index is 2.25. The Hall–Kier alpha value is -0.600. The number of alkyl halides is 1. The third kappa shape index (κ3) is 3.69. The molecular formula is C9H13ClN2. The summed E-state index contributed by atoms with van der Waals surface area (Å²) in [6.45, 7) is 3.64. The first-order valence-corrected chi connectivity index (χ1v) is 4.46. The molecule has 0 aliphatic heterocycles. The molecule has 1 N–H and O–H groups in total. The van der Waals surface area contributed by atoms with Gasteiger partial charge in [0.25, 0.3) is 0 Å². The summed E-state index contributed by atoms with van der Waals surface area (Å²) in [5.41, 5.74) is 1.19. The van der Waals surface area contributed by atoms with Crippen LogP contribution >= 0.6 is 11.6 Å². The molecule has 1 unspecified atom stereocenters. The molecule has 0 bridgehead atoms. The smallest absolute Gasteiger partial charge is 0.0432 e. The van der Waals surface area contributed by atoms with E-state index in [0.717, 1.165) is 13.1 Å². The van der Waals surface area contributed by atoms with Crippen molar-refractivity contribution in [2.24, 2.45) is 0 Å². The Labute approximate surface area is 78.0 Å². The van der Waals surface area contributed by atoms with Crippen LogP contribution in [0.3, 0.4) is 0 Å². The van der Waals surface area contributed by atoms with E-state index >= 15 is 0 Å². The molecular weight excluding hydrogens is 172 g/mol. The van der Waals surface area contributed by atoms with Crippen LogP contribution in [0.4, 0.5) is 0 Å². The number of halogens is 1. The zero-order chi connectivity index (χ0) is 8.81. The van der Waals surface area contributed by atoms with Crippen LogP contribution in [0.5, 0.6) is 0 Å². The molecule has 0 saturated heterocycles. The molecule has 1 heterocycles. The van der Waals surface area contributed by atoms with Crippen LogP contribution in [0.25, 0.3) is 0 Å². The molecule has 1 atom stereocenters. The first-order valence-electron chi connectivity index (χ1n) is 4.02. The van der Waals surface area contributed by atoms with Gasteiger partial charge in [-0.15, -0.1) is 11.6 Å². The van der Waals surface area contributed by atoms with Gasteiger partial charge >= 0.3 is 0 Å². The maximum Gasteiger partial charge on any atom is 0.0432 e. The van der Waals surface area contributed by atoms with Crippen LogP contribution in [-0.4, -0.2) is 16.9 Å². The van der Waals surface area contributed by atoms with Gasteiger partial charge in [-0.05, 0) is 18.6 Å². The van der Waals surface area contributed by atoms with E-state index in [9.17, 15) is 0 Å². The maximum absolute atomic E-state index is 5.77. The quantitative estimate of drug-likeness (QED) is 0.722. The van der Waals surface area contributed by atoms with E-state index in [1.807, 2.05) is 25.3 Å². The highest BCUT2D eigenvalue weighted by Crippen LogP contribution is 1.95. The van der Waals surface area contributed by atoms with Gasteiger partial charge in [-0.25, -0.2) is 0 Å². The molecule has 2 nitrogen and oxygen atoms in total. The van der Waals surface area contributed by atoms with Gasteiger partial charge in [-0.3, -0.25) is 4.98 Å². The second kappa shape index (κ2) is 5.12. The summed E-state index contributed by atoms with van der Waals surface area (Å²) in [6, 6.07) is 3.97. The normalized spacial score (nSPS) is 12.8. The number of aromatic nitrogens is 1. The number of nitrogens with one attached hydrogen (secondary N) is 1. The van der Waals surface area contributed by atoms with E-state index in [1.165, 1.54) is 5.56 Å². The van der Waals surface area contributed by atoms with Crippen molar-refractivity contribution >= 4 is 11.6 Å². The Morgan fingerprint density at radius 1 is 1.67 bits per heavy atom. The summed E-state index contributed by atoms with van der Waals surface area (Å²) in [4.78, 5) is 4.01. The predicted octanol–water partition coefficient (Wildman–Crippen LogP) is 1.80. The molecule has 1 rings (SSSR count). The van der Waals surface area contributed by atoms with Gasteiger partial charge in [0.05, 0.1) is 0 Å². The van der Waals surface area contributed by atoms with E-state index in [0.29, 0.717) is 0 Å². The molecule has 66 valence electrons. The van der Waals surface area contributed by atoms with Gasteiger partial charge in [-0.2, -0.15) is 0 Å². The molecule has 0 saturated carbocycles. The summed E-state index contributed by atoms with van der Waals surface area (Å²) in [7, 11) is 0. The Morgan fingerprint density at radius 2 is 2.50 bits per heavy atom. The van der Waals surface area contributed by atoms with E-state index in [4.69, 9.17) is 11.6 Å². The van der Waals surface area contributed by atoms with E-state index in [2.05, 4.69) is 10.3 Å². The van der Waals surface area contributed by atoms with Gasteiger partial charge in [0, 0.05) is 30.9 Å². The summed E-state index contributed by atoms with van der Waals surface area (Å²) in [5, 5.41) is 3.41.